The van der Waals surface area contributed by atoms with Crippen LogP contribution < -0.4 is 0 Å². The Hall–Kier alpha value is 0.420. The van der Waals surface area contributed by atoms with Gasteiger partial charge in [-0.1, -0.05) is 39.5 Å². The van der Waals surface area contributed by atoms with E-state index < -0.39 is 5.01 Å². The molecule has 0 radical (unpaired) electrons. The van der Waals surface area contributed by atoms with Crippen LogP contribution in [-0.4, -0.2) is 27.8 Å². The molecule has 0 heterocycles. The summed E-state index contributed by atoms with van der Waals surface area (Å²) < 4.78 is 10.7. The molecule has 0 aliphatic rings. The summed E-state index contributed by atoms with van der Waals surface area (Å²) in [6, 6.07) is 0. The van der Waals surface area contributed by atoms with E-state index >= 15 is 0 Å². The van der Waals surface area contributed by atoms with Crippen molar-refractivity contribution in [3.8, 4) is 0 Å². The van der Waals surface area contributed by atoms with Gasteiger partial charge in [0.15, 0.2) is 11.3 Å². The van der Waals surface area contributed by atoms with Crippen LogP contribution >= 0.6 is 27.7 Å². The maximum absolute atomic E-state index is 11.7. The molecular formula is C11H21BrO3S. The number of halogens is 1. The molecule has 5 heteroatoms. The highest BCUT2D eigenvalue weighted by molar-refractivity contribution is 9.10. The standard InChI is InChI=1S/C11H21BrO3S/c1-6-8(14-7-2)15-9(12)10(13)16-11(3,4)5/h8-9H,6-7H2,1-5H3. The first-order valence-corrected chi connectivity index (χ1v) is 7.17. The summed E-state index contributed by atoms with van der Waals surface area (Å²) in [5, 5.41) is -0.626. The molecule has 0 aromatic carbocycles. The summed E-state index contributed by atoms with van der Waals surface area (Å²) in [7, 11) is 0. The lowest BCUT2D eigenvalue weighted by atomic mass is 10.3. The number of hydrogen-bond donors (Lipinski definition) is 0. The zero-order valence-electron chi connectivity index (χ0n) is 10.6. The summed E-state index contributed by atoms with van der Waals surface area (Å²) in [4.78, 5) is 11.7. The SMILES string of the molecule is CCOC(CC)OC(Br)C(=O)SC(C)(C)C. The van der Waals surface area contributed by atoms with Crippen molar-refractivity contribution in [1.82, 2.24) is 0 Å². The molecule has 0 fully saturated rings. The van der Waals surface area contributed by atoms with Crippen LogP contribution in [0.15, 0.2) is 0 Å². The van der Waals surface area contributed by atoms with E-state index in [4.69, 9.17) is 9.47 Å². The first kappa shape index (κ1) is 16.4. The van der Waals surface area contributed by atoms with Crippen molar-refractivity contribution in [2.24, 2.45) is 0 Å². The van der Waals surface area contributed by atoms with Gasteiger partial charge in [0.05, 0.1) is 0 Å². The Bertz CT molecular complexity index is 216. The molecule has 0 N–H and O–H groups in total. The molecule has 0 saturated carbocycles. The minimum Gasteiger partial charge on any atom is -0.353 e. The van der Waals surface area contributed by atoms with E-state index in [0.29, 0.717) is 6.61 Å². The Labute approximate surface area is 111 Å². The third-order valence-corrected chi connectivity index (χ3v) is 3.51. The third kappa shape index (κ3) is 7.65. The lowest BCUT2D eigenvalue weighted by molar-refractivity contribution is -0.155. The van der Waals surface area contributed by atoms with E-state index in [1.165, 1.54) is 11.8 Å². The summed E-state index contributed by atoms with van der Waals surface area (Å²) in [5.41, 5.74) is 0. The zero-order valence-corrected chi connectivity index (χ0v) is 13.0. The molecule has 0 aromatic heterocycles. The highest BCUT2D eigenvalue weighted by Gasteiger charge is 2.25. The molecule has 0 spiro atoms. The molecule has 16 heavy (non-hydrogen) atoms. The normalized spacial score (nSPS) is 15.9. The highest BCUT2D eigenvalue weighted by Crippen LogP contribution is 2.28. The summed E-state index contributed by atoms with van der Waals surface area (Å²) in [6.07, 6.45) is 0.405. The predicted octanol–water partition coefficient (Wildman–Crippen LogP) is 3.55. The minimum absolute atomic E-state index is 0.0225. The number of carbonyl (C=O) groups is 1. The number of hydrogen-bond acceptors (Lipinski definition) is 4. The van der Waals surface area contributed by atoms with Crippen LogP contribution in [0.2, 0.25) is 0 Å². The topological polar surface area (TPSA) is 35.5 Å². The monoisotopic (exact) mass is 312 g/mol. The molecule has 0 aliphatic heterocycles. The molecule has 0 amide bonds. The Morgan fingerprint density at radius 3 is 2.31 bits per heavy atom. The van der Waals surface area contributed by atoms with Crippen molar-refractivity contribution in [3.05, 3.63) is 0 Å². The molecule has 0 bridgehead atoms. The lowest BCUT2D eigenvalue weighted by Gasteiger charge is -2.22. The summed E-state index contributed by atoms with van der Waals surface area (Å²) in [5.74, 6) is 0. The number of ether oxygens (including phenoxy) is 2. The zero-order chi connectivity index (χ0) is 12.8. The fourth-order valence-corrected chi connectivity index (χ4v) is 2.25. The van der Waals surface area contributed by atoms with Gasteiger partial charge in [-0.05, 0) is 29.3 Å². The van der Waals surface area contributed by atoms with Crippen molar-refractivity contribution < 1.29 is 14.3 Å². The second-order valence-electron chi connectivity index (χ2n) is 4.28. The van der Waals surface area contributed by atoms with E-state index in [0.717, 1.165) is 6.42 Å². The highest BCUT2D eigenvalue weighted by atomic mass is 79.9. The number of carbonyl (C=O) groups excluding carboxylic acids is 1. The van der Waals surface area contributed by atoms with Gasteiger partial charge in [-0.15, -0.1) is 0 Å². The van der Waals surface area contributed by atoms with Gasteiger partial charge in [0.2, 0.25) is 5.12 Å². The molecule has 0 aromatic rings. The first-order valence-electron chi connectivity index (χ1n) is 5.44. The Morgan fingerprint density at radius 1 is 1.38 bits per heavy atom. The van der Waals surface area contributed by atoms with Gasteiger partial charge in [-0.3, -0.25) is 4.79 Å². The number of rotatable bonds is 6. The predicted molar refractivity (Wildman–Crippen MR) is 71.9 cm³/mol. The van der Waals surface area contributed by atoms with Crippen molar-refractivity contribution in [2.45, 2.75) is 57.1 Å². The first-order chi connectivity index (χ1) is 7.30. The van der Waals surface area contributed by atoms with Gasteiger partial charge in [0.1, 0.15) is 0 Å². The fraction of sp³-hybridized carbons (Fsp3) is 0.909. The molecule has 3 nitrogen and oxygen atoms in total. The minimum atomic E-state index is -0.603. The van der Waals surface area contributed by atoms with Crippen LogP contribution in [0.25, 0.3) is 0 Å². The van der Waals surface area contributed by atoms with Gasteiger partial charge in [-0.25, -0.2) is 0 Å². The van der Waals surface area contributed by atoms with Crippen molar-refractivity contribution in [3.63, 3.8) is 0 Å². The van der Waals surface area contributed by atoms with E-state index in [2.05, 4.69) is 15.9 Å². The van der Waals surface area contributed by atoms with Crippen LogP contribution in [0.3, 0.4) is 0 Å². The fourth-order valence-electron chi connectivity index (χ4n) is 0.976. The number of alkyl halides is 1. The van der Waals surface area contributed by atoms with E-state index in [9.17, 15) is 4.79 Å². The largest absolute Gasteiger partial charge is 0.353 e. The van der Waals surface area contributed by atoms with E-state index in [1.54, 1.807) is 0 Å². The molecule has 0 rings (SSSR count). The van der Waals surface area contributed by atoms with Crippen molar-refractivity contribution in [1.29, 1.82) is 0 Å². The average molecular weight is 313 g/mol. The second kappa shape index (κ2) is 7.69. The number of thioether (sulfide) groups is 1. The van der Waals surface area contributed by atoms with Gasteiger partial charge in [-0.2, -0.15) is 0 Å². The summed E-state index contributed by atoms with van der Waals surface area (Å²) >= 11 is 4.50. The maximum atomic E-state index is 11.7. The van der Waals surface area contributed by atoms with Gasteiger partial charge in [0, 0.05) is 11.4 Å². The second-order valence-corrected chi connectivity index (χ2v) is 6.94. The maximum Gasteiger partial charge on any atom is 0.229 e. The van der Waals surface area contributed by atoms with Gasteiger partial charge < -0.3 is 9.47 Å². The van der Waals surface area contributed by atoms with Crippen LogP contribution in [0.1, 0.15) is 41.0 Å². The molecule has 0 saturated heterocycles. The smallest absolute Gasteiger partial charge is 0.229 e. The van der Waals surface area contributed by atoms with Crippen LogP contribution in [-0.2, 0) is 14.3 Å². The van der Waals surface area contributed by atoms with E-state index in [1.807, 2.05) is 34.6 Å². The third-order valence-electron chi connectivity index (χ3n) is 1.55. The Morgan fingerprint density at radius 2 is 1.94 bits per heavy atom. The molecule has 2 atom stereocenters. The van der Waals surface area contributed by atoms with Crippen molar-refractivity contribution >= 4 is 32.8 Å². The Balaban J connectivity index is 4.13. The molecular weight excluding hydrogens is 292 g/mol. The van der Waals surface area contributed by atoms with Crippen LogP contribution in [0, 0.1) is 0 Å². The molecule has 96 valence electrons. The van der Waals surface area contributed by atoms with Crippen LogP contribution in [0.5, 0.6) is 0 Å². The molecule has 0 aliphatic carbocycles. The average Bonchev–Trinajstić information content (AvgIpc) is 2.14. The van der Waals surface area contributed by atoms with Gasteiger partial charge in [0.25, 0.3) is 0 Å². The quantitative estimate of drug-likeness (QED) is 0.555. The summed E-state index contributed by atoms with van der Waals surface area (Å²) in [6.45, 7) is 10.4. The van der Waals surface area contributed by atoms with E-state index in [-0.39, 0.29) is 16.2 Å². The molecule has 2 unspecified atom stereocenters. The van der Waals surface area contributed by atoms with Gasteiger partial charge >= 0.3 is 0 Å². The van der Waals surface area contributed by atoms with Crippen LogP contribution in [0.4, 0.5) is 0 Å². The van der Waals surface area contributed by atoms with Crippen molar-refractivity contribution in [2.75, 3.05) is 6.61 Å². The lowest BCUT2D eigenvalue weighted by Crippen LogP contribution is -2.27. The Kier molecular flexibility index (Phi) is 7.89.